The molecule has 0 unspecified atom stereocenters. The molecule has 0 atom stereocenters. The van der Waals surface area contributed by atoms with Gasteiger partial charge in [0.15, 0.2) is 5.05 Å². The second-order valence-electron chi connectivity index (χ2n) is 6.37. The van der Waals surface area contributed by atoms with Gasteiger partial charge in [-0.3, -0.25) is 4.79 Å². The van der Waals surface area contributed by atoms with Crippen molar-refractivity contribution >= 4 is 45.8 Å². The number of carbonyl (C=O) groups excluding carboxylic acids is 2. The van der Waals surface area contributed by atoms with Crippen LogP contribution < -0.4 is 14.2 Å². The van der Waals surface area contributed by atoms with Gasteiger partial charge in [-0.2, -0.15) is 0 Å². The molecule has 3 rings (SSSR count). The lowest BCUT2D eigenvalue weighted by Crippen LogP contribution is -2.23. The molecule has 7 nitrogen and oxygen atoms in total. The Labute approximate surface area is 193 Å². The predicted molar refractivity (Wildman–Crippen MR) is 127 cm³/mol. The first-order valence-electron chi connectivity index (χ1n) is 9.29. The molecule has 1 amide bonds. The number of aliphatic hydroxyl groups is 1. The van der Waals surface area contributed by atoms with E-state index in [4.69, 9.17) is 25.3 Å². The number of para-hydroxylation sites is 1. The smallest absolute Gasteiger partial charge is 0.339 e. The number of esters is 1. The fourth-order valence-corrected chi connectivity index (χ4v) is 3.43. The number of carbonyl (C=O) groups is 2. The van der Waals surface area contributed by atoms with E-state index in [9.17, 15) is 14.7 Å². The summed E-state index contributed by atoms with van der Waals surface area (Å²) in [5.41, 5.74) is 1.50. The standard InChI is InChI=1S/C23H20ClNO6S/c1-29-16-9-11-19(24)18(13-16)14-8-10-17(22(27)30-2)20(12-14)25-21(26)23(28)32-31-15-6-4-3-5-7-15/h3-13,28,32H,1-2H3,(H,25,26). The summed E-state index contributed by atoms with van der Waals surface area (Å²) in [4.78, 5) is 24.7. The third-order valence-corrected chi connectivity index (χ3v) is 5.35. The molecule has 166 valence electrons. The number of ether oxygens (including phenoxy) is 2. The maximum atomic E-state index is 12.5. The molecule has 0 radical (unpaired) electrons. The van der Waals surface area contributed by atoms with E-state index >= 15 is 0 Å². The van der Waals surface area contributed by atoms with Crippen molar-refractivity contribution in [2.75, 3.05) is 19.5 Å². The molecule has 0 saturated carbocycles. The van der Waals surface area contributed by atoms with Crippen molar-refractivity contribution in [3.63, 3.8) is 0 Å². The molecule has 0 fully saturated rings. The third-order valence-electron chi connectivity index (χ3n) is 4.34. The minimum Gasteiger partial charge on any atom is -0.497 e. The van der Waals surface area contributed by atoms with Crippen LogP contribution in [0.2, 0.25) is 5.02 Å². The Hall–Kier alpha value is -3.33. The van der Waals surface area contributed by atoms with Crippen molar-refractivity contribution in [1.82, 2.24) is 0 Å². The number of anilines is 1. The second kappa shape index (κ2) is 10.8. The summed E-state index contributed by atoms with van der Waals surface area (Å²) in [6.07, 6.45) is 0. The van der Waals surface area contributed by atoms with Crippen LogP contribution in [0.15, 0.2) is 66.7 Å². The Morgan fingerprint density at radius 3 is 2.41 bits per heavy atom. The zero-order chi connectivity index (χ0) is 23.1. The Balaban J connectivity index is 1.92. The number of methoxy groups -OCH3 is 2. The van der Waals surface area contributed by atoms with E-state index in [0.29, 0.717) is 27.6 Å². The minimum absolute atomic E-state index is 0.0646. The van der Waals surface area contributed by atoms with E-state index in [1.165, 1.54) is 20.3 Å². The molecule has 3 aromatic carbocycles. The van der Waals surface area contributed by atoms with Crippen LogP contribution in [0.1, 0.15) is 10.4 Å². The van der Waals surface area contributed by atoms with Gasteiger partial charge in [0, 0.05) is 22.2 Å². The van der Waals surface area contributed by atoms with Gasteiger partial charge in [0.25, 0.3) is 5.91 Å². The molecular formula is C23H20ClNO6S. The lowest BCUT2D eigenvalue weighted by Gasteiger charge is -2.13. The Bertz CT molecular complexity index is 1170. The van der Waals surface area contributed by atoms with Crippen molar-refractivity contribution in [2.24, 2.45) is 0 Å². The Kier molecular flexibility index (Phi) is 7.88. The number of hydrogen-bond acceptors (Lipinski definition) is 5. The first-order chi connectivity index (χ1) is 15.4. The highest BCUT2D eigenvalue weighted by Crippen LogP contribution is 2.34. The van der Waals surface area contributed by atoms with E-state index < -0.39 is 16.9 Å². The van der Waals surface area contributed by atoms with E-state index in [1.54, 1.807) is 54.6 Å². The van der Waals surface area contributed by atoms with Gasteiger partial charge >= 0.3 is 5.97 Å². The highest BCUT2D eigenvalue weighted by Gasteiger charge is 2.18. The first-order valence-corrected chi connectivity index (χ1v) is 10.5. The van der Waals surface area contributed by atoms with Crippen molar-refractivity contribution in [3.05, 3.63) is 77.3 Å². The summed E-state index contributed by atoms with van der Waals surface area (Å²) in [6.45, 7) is 0. The minimum atomic E-state index is -0.832. The van der Waals surface area contributed by atoms with Crippen LogP contribution in [0, 0.1) is 0 Å². The zero-order valence-corrected chi connectivity index (χ0v) is 18.8. The highest BCUT2D eigenvalue weighted by molar-refractivity contribution is 7.95. The van der Waals surface area contributed by atoms with Gasteiger partial charge < -0.3 is 24.1 Å². The molecule has 0 saturated heterocycles. The Morgan fingerprint density at radius 1 is 0.969 bits per heavy atom. The largest absolute Gasteiger partial charge is 0.497 e. The highest BCUT2D eigenvalue weighted by atomic mass is 35.5. The normalized spacial score (nSPS) is 11.2. The maximum Gasteiger partial charge on any atom is 0.339 e. The lowest BCUT2D eigenvalue weighted by atomic mass is 10.0. The van der Waals surface area contributed by atoms with Crippen molar-refractivity contribution < 1.29 is 28.4 Å². The van der Waals surface area contributed by atoms with Gasteiger partial charge in [0.1, 0.15) is 11.5 Å². The van der Waals surface area contributed by atoms with Crippen LogP contribution in [0.25, 0.3) is 11.1 Å². The van der Waals surface area contributed by atoms with Gasteiger partial charge in [-0.25, -0.2) is 4.79 Å². The van der Waals surface area contributed by atoms with Crippen LogP contribution in [0.3, 0.4) is 0 Å². The summed E-state index contributed by atoms with van der Waals surface area (Å²) in [5.74, 6) is -0.406. The van der Waals surface area contributed by atoms with Crippen LogP contribution in [-0.4, -0.2) is 36.3 Å². The summed E-state index contributed by atoms with van der Waals surface area (Å²) >= 11 is 6.26. The number of nitrogens with one attached hydrogen (secondary N) is 1. The molecule has 3 aromatic rings. The summed E-state index contributed by atoms with van der Waals surface area (Å²) < 4.78 is 15.4. The average molecular weight is 474 g/mol. The molecule has 0 aliphatic carbocycles. The predicted octanol–water partition coefficient (Wildman–Crippen LogP) is 4.89. The molecule has 0 spiro atoms. The van der Waals surface area contributed by atoms with E-state index in [0.717, 1.165) is 0 Å². The SMILES string of the molecule is COC(=O)c1ccc(-c2cc(OC)ccc2Cl)cc1NC(=O)C(O)=[SH]Oc1ccccc1. The molecule has 0 aromatic heterocycles. The molecule has 0 heterocycles. The second-order valence-corrected chi connectivity index (χ2v) is 7.57. The zero-order valence-electron chi connectivity index (χ0n) is 17.2. The van der Waals surface area contributed by atoms with Crippen LogP contribution >= 0.6 is 23.2 Å². The number of thiol groups is 1. The molecule has 2 N–H and O–H groups in total. The third kappa shape index (κ3) is 5.67. The fraction of sp³-hybridized carbons (Fsp3) is 0.0870. The maximum absolute atomic E-state index is 12.5. The van der Waals surface area contributed by atoms with Crippen LogP contribution in [0.5, 0.6) is 11.5 Å². The van der Waals surface area contributed by atoms with Gasteiger partial charge in [-0.1, -0.05) is 35.9 Å². The van der Waals surface area contributed by atoms with Crippen molar-refractivity contribution in [2.45, 2.75) is 0 Å². The van der Waals surface area contributed by atoms with Gasteiger partial charge in [0.2, 0.25) is 0 Å². The molecule has 32 heavy (non-hydrogen) atoms. The fourth-order valence-electron chi connectivity index (χ4n) is 2.75. The molecular weight excluding hydrogens is 454 g/mol. The summed E-state index contributed by atoms with van der Waals surface area (Å²) in [7, 11) is 2.77. The van der Waals surface area contributed by atoms with E-state index in [-0.39, 0.29) is 22.9 Å². The summed E-state index contributed by atoms with van der Waals surface area (Å²) in [6, 6.07) is 18.6. The molecule has 0 bridgehead atoms. The van der Waals surface area contributed by atoms with Crippen molar-refractivity contribution in [3.8, 4) is 22.6 Å². The average Bonchev–Trinajstić information content (AvgIpc) is 2.83. The van der Waals surface area contributed by atoms with Crippen molar-refractivity contribution in [1.29, 1.82) is 0 Å². The lowest BCUT2D eigenvalue weighted by molar-refractivity contribution is -0.111. The van der Waals surface area contributed by atoms with Gasteiger partial charge in [0.05, 0.1) is 25.5 Å². The number of benzene rings is 3. The number of amides is 1. The summed E-state index contributed by atoms with van der Waals surface area (Å²) in [5, 5.41) is 12.5. The Morgan fingerprint density at radius 2 is 1.72 bits per heavy atom. The molecule has 9 heteroatoms. The quantitative estimate of drug-likeness (QED) is 0.268. The van der Waals surface area contributed by atoms with Gasteiger partial charge in [-0.15, -0.1) is 0 Å². The number of hydrogen-bond donors (Lipinski definition) is 3. The van der Waals surface area contributed by atoms with E-state index in [1.807, 2.05) is 6.07 Å². The van der Waals surface area contributed by atoms with Gasteiger partial charge in [-0.05, 0) is 48.0 Å². The number of halogens is 1. The monoisotopic (exact) mass is 473 g/mol. The first kappa shape index (κ1) is 23.3. The van der Waals surface area contributed by atoms with E-state index in [2.05, 4.69) is 5.32 Å². The molecule has 0 aliphatic rings. The number of rotatable bonds is 6. The number of aliphatic hydroxyl groups excluding tert-OH is 1. The topological polar surface area (TPSA) is 94.1 Å². The van der Waals surface area contributed by atoms with Crippen LogP contribution in [-0.2, 0) is 9.53 Å². The van der Waals surface area contributed by atoms with Crippen LogP contribution in [0.4, 0.5) is 5.69 Å². The molecule has 0 aliphatic heterocycles.